The number of rotatable bonds is 2. The summed E-state index contributed by atoms with van der Waals surface area (Å²) >= 11 is 0. The SMILES string of the molecule is CC#CCOC(=O)C1CNC(=O)N1. The van der Waals surface area contributed by atoms with Gasteiger partial charge in [-0.2, -0.15) is 0 Å². The van der Waals surface area contributed by atoms with E-state index >= 15 is 0 Å². The van der Waals surface area contributed by atoms with Crippen molar-refractivity contribution in [2.75, 3.05) is 13.2 Å². The molecule has 1 saturated heterocycles. The van der Waals surface area contributed by atoms with Gasteiger partial charge in [0.25, 0.3) is 0 Å². The second-order valence-electron chi connectivity index (χ2n) is 2.44. The van der Waals surface area contributed by atoms with Crippen LogP contribution in [0.2, 0.25) is 0 Å². The van der Waals surface area contributed by atoms with Crippen LogP contribution in [0.4, 0.5) is 4.79 Å². The second kappa shape index (κ2) is 4.36. The predicted octanol–water partition coefficient (Wildman–Crippen LogP) is -0.766. The van der Waals surface area contributed by atoms with Gasteiger partial charge >= 0.3 is 12.0 Å². The van der Waals surface area contributed by atoms with Crippen LogP contribution >= 0.6 is 0 Å². The number of nitrogens with one attached hydrogen (secondary N) is 2. The molecule has 0 radical (unpaired) electrons. The van der Waals surface area contributed by atoms with Crippen LogP contribution in [0.25, 0.3) is 0 Å². The van der Waals surface area contributed by atoms with Gasteiger partial charge in [0, 0.05) is 0 Å². The number of carbonyl (C=O) groups is 2. The van der Waals surface area contributed by atoms with Gasteiger partial charge in [0.2, 0.25) is 0 Å². The minimum Gasteiger partial charge on any atom is -0.451 e. The van der Waals surface area contributed by atoms with Gasteiger partial charge in [-0.05, 0) is 6.92 Å². The van der Waals surface area contributed by atoms with E-state index in [1.807, 2.05) is 0 Å². The van der Waals surface area contributed by atoms with Gasteiger partial charge in [0.1, 0.15) is 6.04 Å². The van der Waals surface area contributed by atoms with E-state index in [1.54, 1.807) is 6.92 Å². The predicted molar refractivity (Wildman–Crippen MR) is 44.7 cm³/mol. The maximum atomic E-state index is 11.1. The summed E-state index contributed by atoms with van der Waals surface area (Å²) in [4.78, 5) is 21.8. The fourth-order valence-electron chi connectivity index (χ4n) is 0.877. The molecule has 0 saturated carbocycles. The van der Waals surface area contributed by atoms with Crippen molar-refractivity contribution in [3.63, 3.8) is 0 Å². The van der Waals surface area contributed by atoms with E-state index in [4.69, 9.17) is 4.74 Å². The van der Waals surface area contributed by atoms with E-state index in [0.717, 1.165) is 0 Å². The average molecular weight is 182 g/mol. The zero-order valence-corrected chi connectivity index (χ0v) is 7.22. The Hall–Kier alpha value is -1.70. The highest BCUT2D eigenvalue weighted by molar-refractivity contribution is 5.87. The second-order valence-corrected chi connectivity index (χ2v) is 2.44. The van der Waals surface area contributed by atoms with Crippen molar-refractivity contribution in [2.45, 2.75) is 13.0 Å². The summed E-state index contributed by atoms with van der Waals surface area (Å²) in [5.74, 6) is 4.72. The third kappa shape index (κ3) is 2.67. The highest BCUT2D eigenvalue weighted by Crippen LogP contribution is 1.93. The molecule has 1 unspecified atom stereocenters. The molecule has 2 N–H and O–H groups in total. The molecule has 5 heteroatoms. The molecule has 0 aromatic heterocycles. The first kappa shape index (κ1) is 9.39. The van der Waals surface area contributed by atoms with Crippen molar-refractivity contribution in [1.82, 2.24) is 10.6 Å². The number of amides is 2. The van der Waals surface area contributed by atoms with Crippen LogP contribution in [-0.4, -0.2) is 31.2 Å². The molecule has 1 aliphatic heterocycles. The van der Waals surface area contributed by atoms with Crippen LogP contribution < -0.4 is 10.6 Å². The van der Waals surface area contributed by atoms with E-state index < -0.39 is 12.0 Å². The highest BCUT2D eigenvalue weighted by Gasteiger charge is 2.27. The smallest absolute Gasteiger partial charge is 0.331 e. The topological polar surface area (TPSA) is 67.4 Å². The fraction of sp³-hybridized carbons (Fsp3) is 0.500. The molecule has 13 heavy (non-hydrogen) atoms. The Morgan fingerprint density at radius 3 is 3.08 bits per heavy atom. The molecule has 0 aromatic carbocycles. The van der Waals surface area contributed by atoms with Crippen LogP contribution in [0.5, 0.6) is 0 Å². The van der Waals surface area contributed by atoms with Crippen molar-refractivity contribution in [1.29, 1.82) is 0 Å². The average Bonchev–Trinajstić information content (AvgIpc) is 2.52. The Morgan fingerprint density at radius 1 is 1.77 bits per heavy atom. The minimum absolute atomic E-state index is 0.0711. The quantitative estimate of drug-likeness (QED) is 0.435. The lowest BCUT2D eigenvalue weighted by Gasteiger charge is -2.05. The highest BCUT2D eigenvalue weighted by atomic mass is 16.5. The maximum absolute atomic E-state index is 11.1. The molecule has 1 atom stereocenters. The Bertz CT molecular complexity index is 277. The van der Waals surface area contributed by atoms with Crippen molar-refractivity contribution < 1.29 is 14.3 Å². The Morgan fingerprint density at radius 2 is 2.54 bits per heavy atom. The Balaban J connectivity index is 2.30. The van der Waals surface area contributed by atoms with Crippen LogP contribution in [0.1, 0.15) is 6.92 Å². The molecule has 0 aliphatic carbocycles. The van der Waals surface area contributed by atoms with Gasteiger partial charge in [0.15, 0.2) is 6.61 Å². The van der Waals surface area contributed by atoms with E-state index in [1.165, 1.54) is 0 Å². The van der Waals surface area contributed by atoms with Gasteiger partial charge in [-0.15, -0.1) is 5.92 Å². The summed E-state index contributed by atoms with van der Waals surface area (Å²) in [5.41, 5.74) is 0. The van der Waals surface area contributed by atoms with E-state index in [9.17, 15) is 9.59 Å². The van der Waals surface area contributed by atoms with Gasteiger partial charge in [-0.25, -0.2) is 9.59 Å². The summed E-state index contributed by atoms with van der Waals surface area (Å²) < 4.78 is 4.75. The summed E-state index contributed by atoms with van der Waals surface area (Å²) in [6.07, 6.45) is 0. The van der Waals surface area contributed by atoms with Gasteiger partial charge < -0.3 is 15.4 Å². The van der Waals surface area contributed by atoms with Crippen LogP contribution in [0, 0.1) is 11.8 Å². The van der Waals surface area contributed by atoms with E-state index in [0.29, 0.717) is 0 Å². The first-order valence-electron chi connectivity index (χ1n) is 3.84. The number of carbonyl (C=O) groups excluding carboxylic acids is 2. The maximum Gasteiger partial charge on any atom is 0.331 e. The first-order chi connectivity index (χ1) is 6.24. The molecule has 1 fully saturated rings. The van der Waals surface area contributed by atoms with Crippen molar-refractivity contribution in [2.24, 2.45) is 0 Å². The summed E-state index contributed by atoms with van der Waals surface area (Å²) in [5, 5.41) is 4.86. The Labute approximate surface area is 75.8 Å². The van der Waals surface area contributed by atoms with Crippen LogP contribution in [0.15, 0.2) is 0 Å². The van der Waals surface area contributed by atoms with Crippen molar-refractivity contribution in [3.05, 3.63) is 0 Å². The molecular weight excluding hydrogens is 172 g/mol. The molecule has 0 aromatic rings. The first-order valence-corrected chi connectivity index (χ1v) is 3.84. The molecule has 1 aliphatic rings. The minimum atomic E-state index is -0.578. The molecule has 1 heterocycles. The molecule has 0 spiro atoms. The third-order valence-electron chi connectivity index (χ3n) is 1.52. The number of esters is 1. The summed E-state index contributed by atoms with van der Waals surface area (Å²) in [7, 11) is 0. The van der Waals surface area contributed by atoms with Crippen LogP contribution in [0.3, 0.4) is 0 Å². The normalized spacial score (nSPS) is 19.5. The number of ether oxygens (including phenoxy) is 1. The largest absolute Gasteiger partial charge is 0.451 e. The lowest BCUT2D eigenvalue weighted by atomic mass is 10.3. The molecule has 5 nitrogen and oxygen atoms in total. The monoisotopic (exact) mass is 182 g/mol. The molecule has 2 amide bonds. The van der Waals surface area contributed by atoms with E-state index in [-0.39, 0.29) is 19.2 Å². The van der Waals surface area contributed by atoms with Crippen molar-refractivity contribution in [3.8, 4) is 11.8 Å². The zero-order chi connectivity index (χ0) is 9.68. The van der Waals surface area contributed by atoms with Gasteiger partial charge in [-0.1, -0.05) is 5.92 Å². The molecule has 1 rings (SSSR count). The molecule has 0 bridgehead atoms. The summed E-state index contributed by atoms with van der Waals surface area (Å²) in [6, 6.07) is -0.922. The third-order valence-corrected chi connectivity index (χ3v) is 1.52. The summed E-state index contributed by atoms with van der Waals surface area (Å²) in [6.45, 7) is 2.01. The van der Waals surface area contributed by atoms with Crippen LogP contribution in [-0.2, 0) is 9.53 Å². The number of urea groups is 1. The standard InChI is InChI=1S/C8H10N2O3/c1-2-3-4-13-7(11)6-5-9-8(12)10-6/h6H,4-5H2,1H3,(H2,9,10,12). The fourth-order valence-corrected chi connectivity index (χ4v) is 0.877. The van der Waals surface area contributed by atoms with E-state index in [2.05, 4.69) is 22.5 Å². The lowest BCUT2D eigenvalue weighted by Crippen LogP contribution is -2.35. The number of hydrogen-bond donors (Lipinski definition) is 2. The molecular formula is C8H10N2O3. The van der Waals surface area contributed by atoms with Gasteiger partial charge in [-0.3, -0.25) is 0 Å². The Kier molecular flexibility index (Phi) is 3.15. The number of hydrogen-bond acceptors (Lipinski definition) is 3. The van der Waals surface area contributed by atoms with Crippen molar-refractivity contribution >= 4 is 12.0 Å². The lowest BCUT2D eigenvalue weighted by molar-refractivity contribution is -0.143. The molecule has 70 valence electrons. The van der Waals surface area contributed by atoms with Gasteiger partial charge in [0.05, 0.1) is 6.54 Å². The zero-order valence-electron chi connectivity index (χ0n) is 7.22.